The molecule has 2 rings (SSSR count). The van der Waals surface area contributed by atoms with E-state index in [4.69, 9.17) is 0 Å². The Kier molecular flexibility index (Phi) is 2.31. The molecule has 0 bridgehead atoms. The topological polar surface area (TPSA) is 46.2 Å². The van der Waals surface area contributed by atoms with E-state index in [1.165, 1.54) is 6.92 Å². The first-order chi connectivity index (χ1) is 7.09. The highest BCUT2D eigenvalue weighted by Gasteiger charge is 2.25. The molecule has 1 aromatic carbocycles. The van der Waals surface area contributed by atoms with Gasteiger partial charge in [0.2, 0.25) is 0 Å². The van der Waals surface area contributed by atoms with Gasteiger partial charge in [-0.25, -0.2) is 0 Å². The minimum Gasteiger partial charge on any atom is -0.382 e. The summed E-state index contributed by atoms with van der Waals surface area (Å²) >= 11 is 0. The van der Waals surface area contributed by atoms with E-state index < -0.39 is 0 Å². The predicted octanol–water partition coefficient (Wildman–Crippen LogP) is 2.28. The van der Waals surface area contributed by atoms with Crippen LogP contribution in [-0.4, -0.2) is 17.6 Å². The molecule has 15 heavy (non-hydrogen) atoms. The number of hydrogen-bond acceptors (Lipinski definition) is 3. The van der Waals surface area contributed by atoms with Gasteiger partial charge in [0.1, 0.15) is 0 Å². The van der Waals surface area contributed by atoms with E-state index in [0.717, 1.165) is 5.69 Å². The fourth-order valence-electron chi connectivity index (χ4n) is 1.96. The molecule has 0 saturated carbocycles. The van der Waals surface area contributed by atoms with E-state index in [2.05, 4.69) is 5.32 Å². The molecule has 1 atom stereocenters. The Morgan fingerprint density at radius 1 is 1.47 bits per heavy atom. The summed E-state index contributed by atoms with van der Waals surface area (Å²) in [6.07, 6.45) is 0.456. The Balaban J connectivity index is 2.59. The third-order valence-electron chi connectivity index (χ3n) is 2.62. The van der Waals surface area contributed by atoms with Crippen molar-refractivity contribution in [2.75, 3.05) is 5.32 Å². The van der Waals surface area contributed by atoms with E-state index >= 15 is 0 Å². The summed E-state index contributed by atoms with van der Waals surface area (Å²) in [5.41, 5.74) is 1.87. The number of Topliss-reactive ketones (excluding diaryl/α,β-unsaturated/α-hetero) is 2. The largest absolute Gasteiger partial charge is 0.382 e. The van der Waals surface area contributed by atoms with Crippen LogP contribution < -0.4 is 5.32 Å². The Morgan fingerprint density at radius 2 is 2.20 bits per heavy atom. The first kappa shape index (κ1) is 9.90. The van der Waals surface area contributed by atoms with Crippen LogP contribution in [0.15, 0.2) is 18.2 Å². The van der Waals surface area contributed by atoms with Gasteiger partial charge in [-0.1, -0.05) is 12.1 Å². The van der Waals surface area contributed by atoms with Crippen LogP contribution in [0.2, 0.25) is 0 Å². The Labute approximate surface area is 88.5 Å². The van der Waals surface area contributed by atoms with Crippen LogP contribution >= 0.6 is 0 Å². The Hall–Kier alpha value is -1.64. The molecule has 3 heteroatoms. The van der Waals surface area contributed by atoms with Gasteiger partial charge in [-0.05, 0) is 19.9 Å². The van der Waals surface area contributed by atoms with Crippen molar-refractivity contribution in [2.24, 2.45) is 0 Å². The molecule has 0 spiro atoms. The van der Waals surface area contributed by atoms with Crippen LogP contribution in [0, 0.1) is 0 Å². The Morgan fingerprint density at radius 3 is 2.87 bits per heavy atom. The van der Waals surface area contributed by atoms with E-state index in [9.17, 15) is 9.59 Å². The van der Waals surface area contributed by atoms with Gasteiger partial charge >= 0.3 is 0 Å². The molecule has 0 aromatic heterocycles. The zero-order valence-corrected chi connectivity index (χ0v) is 8.83. The zero-order chi connectivity index (χ0) is 11.0. The van der Waals surface area contributed by atoms with Crippen molar-refractivity contribution < 1.29 is 9.59 Å². The van der Waals surface area contributed by atoms with Gasteiger partial charge in [-0.15, -0.1) is 0 Å². The molecule has 0 fully saturated rings. The van der Waals surface area contributed by atoms with Gasteiger partial charge in [0.25, 0.3) is 0 Å². The second-order valence-corrected chi connectivity index (χ2v) is 3.96. The van der Waals surface area contributed by atoms with Gasteiger partial charge in [-0.2, -0.15) is 0 Å². The lowest BCUT2D eigenvalue weighted by atomic mass is 9.92. The number of ketones is 2. The SMILES string of the molecule is CC(=O)c1cccc2c1C(=O)CC(C)N2. The normalized spacial score (nSPS) is 19.3. The number of carbonyl (C=O) groups excluding carboxylic acids is 2. The molecule has 1 N–H and O–H groups in total. The average Bonchev–Trinajstić information content (AvgIpc) is 2.16. The molecule has 1 aromatic rings. The zero-order valence-electron chi connectivity index (χ0n) is 8.83. The third kappa shape index (κ3) is 1.65. The summed E-state index contributed by atoms with van der Waals surface area (Å²) in [4.78, 5) is 23.2. The molecule has 1 unspecified atom stereocenters. The lowest BCUT2D eigenvalue weighted by Gasteiger charge is -2.24. The maximum atomic E-state index is 11.8. The summed E-state index contributed by atoms with van der Waals surface area (Å²) in [5, 5.41) is 3.21. The standard InChI is InChI=1S/C12H13NO2/c1-7-6-11(15)12-9(8(2)14)4-3-5-10(12)13-7/h3-5,7,13H,6H2,1-2H3. The maximum absolute atomic E-state index is 11.8. The van der Waals surface area contributed by atoms with Gasteiger partial charge in [0.15, 0.2) is 11.6 Å². The van der Waals surface area contributed by atoms with E-state index in [1.807, 2.05) is 13.0 Å². The van der Waals surface area contributed by atoms with Crippen LogP contribution in [0.25, 0.3) is 0 Å². The summed E-state index contributed by atoms with van der Waals surface area (Å²) in [6.45, 7) is 3.45. The lowest BCUT2D eigenvalue weighted by molar-refractivity contribution is 0.0955. The number of hydrogen-bond donors (Lipinski definition) is 1. The van der Waals surface area contributed by atoms with Crippen molar-refractivity contribution in [1.29, 1.82) is 0 Å². The monoisotopic (exact) mass is 203 g/mol. The molecule has 1 aliphatic rings. The van der Waals surface area contributed by atoms with Crippen LogP contribution in [0.1, 0.15) is 41.0 Å². The van der Waals surface area contributed by atoms with Crippen LogP contribution in [-0.2, 0) is 0 Å². The predicted molar refractivity (Wildman–Crippen MR) is 58.5 cm³/mol. The average molecular weight is 203 g/mol. The van der Waals surface area contributed by atoms with Gasteiger partial charge in [0.05, 0.1) is 5.56 Å². The van der Waals surface area contributed by atoms with Gasteiger partial charge in [-0.3, -0.25) is 9.59 Å². The molecule has 0 aliphatic carbocycles. The molecule has 1 heterocycles. The highest BCUT2D eigenvalue weighted by molar-refractivity contribution is 6.12. The number of anilines is 1. The van der Waals surface area contributed by atoms with Gasteiger partial charge < -0.3 is 5.32 Å². The smallest absolute Gasteiger partial charge is 0.167 e. The van der Waals surface area contributed by atoms with Crippen molar-refractivity contribution in [3.8, 4) is 0 Å². The molecular formula is C12H13NO2. The minimum absolute atomic E-state index is 0.0575. The second kappa shape index (κ2) is 3.50. The number of fused-ring (bicyclic) bond motifs is 1. The first-order valence-corrected chi connectivity index (χ1v) is 5.03. The summed E-state index contributed by atoms with van der Waals surface area (Å²) in [7, 11) is 0. The van der Waals surface area contributed by atoms with Crippen molar-refractivity contribution >= 4 is 17.3 Å². The number of carbonyl (C=O) groups is 2. The highest BCUT2D eigenvalue weighted by atomic mass is 16.1. The summed E-state index contributed by atoms with van der Waals surface area (Å²) < 4.78 is 0. The quantitative estimate of drug-likeness (QED) is 0.712. The molecule has 1 aliphatic heterocycles. The second-order valence-electron chi connectivity index (χ2n) is 3.96. The summed E-state index contributed by atoms with van der Waals surface area (Å²) in [6, 6.07) is 5.49. The molecule has 0 amide bonds. The highest BCUT2D eigenvalue weighted by Crippen LogP contribution is 2.27. The van der Waals surface area contributed by atoms with Crippen LogP contribution in [0.3, 0.4) is 0 Å². The van der Waals surface area contributed by atoms with Crippen molar-refractivity contribution in [3.05, 3.63) is 29.3 Å². The summed E-state index contributed by atoms with van der Waals surface area (Å²) in [5.74, 6) is -0.00129. The maximum Gasteiger partial charge on any atom is 0.167 e. The van der Waals surface area contributed by atoms with E-state index in [-0.39, 0.29) is 17.6 Å². The lowest BCUT2D eigenvalue weighted by Crippen LogP contribution is -2.28. The van der Waals surface area contributed by atoms with E-state index in [1.54, 1.807) is 12.1 Å². The molecule has 0 saturated heterocycles. The molecule has 78 valence electrons. The minimum atomic E-state index is -0.0587. The fraction of sp³-hybridized carbons (Fsp3) is 0.333. The van der Waals surface area contributed by atoms with E-state index in [0.29, 0.717) is 17.5 Å². The number of benzene rings is 1. The third-order valence-corrected chi connectivity index (χ3v) is 2.62. The molecule has 3 nitrogen and oxygen atoms in total. The van der Waals surface area contributed by atoms with Crippen molar-refractivity contribution in [3.63, 3.8) is 0 Å². The Bertz CT molecular complexity index is 437. The van der Waals surface area contributed by atoms with Crippen LogP contribution in [0.5, 0.6) is 0 Å². The van der Waals surface area contributed by atoms with Crippen molar-refractivity contribution in [2.45, 2.75) is 26.3 Å². The molecular weight excluding hydrogens is 190 g/mol. The first-order valence-electron chi connectivity index (χ1n) is 5.03. The number of rotatable bonds is 1. The molecule has 0 radical (unpaired) electrons. The number of nitrogens with one attached hydrogen (secondary N) is 1. The van der Waals surface area contributed by atoms with Crippen LogP contribution in [0.4, 0.5) is 5.69 Å². The fourth-order valence-corrected chi connectivity index (χ4v) is 1.96. The van der Waals surface area contributed by atoms with Gasteiger partial charge in [0, 0.05) is 23.7 Å². The van der Waals surface area contributed by atoms with Crippen molar-refractivity contribution in [1.82, 2.24) is 0 Å².